The molecule has 0 bridgehead atoms. The minimum Gasteiger partial charge on any atom is -0.371 e. The molecule has 25 heavy (non-hydrogen) atoms. The molecular formula is C18H22F2N4O. The van der Waals surface area contributed by atoms with E-state index in [0.717, 1.165) is 48.3 Å². The summed E-state index contributed by atoms with van der Waals surface area (Å²) < 4.78 is 26.7. The summed E-state index contributed by atoms with van der Waals surface area (Å²) in [5.74, 6) is 0.249. The number of carbonyl (C=O) groups is 1. The van der Waals surface area contributed by atoms with Crippen molar-refractivity contribution in [3.63, 3.8) is 0 Å². The van der Waals surface area contributed by atoms with Gasteiger partial charge in [-0.1, -0.05) is 13.0 Å². The Morgan fingerprint density at radius 3 is 2.64 bits per heavy atom. The Hall–Kier alpha value is -2.44. The van der Waals surface area contributed by atoms with Crippen LogP contribution in [0, 0.1) is 5.92 Å². The number of hydrogen-bond acceptors (Lipinski definition) is 3. The molecule has 2 heterocycles. The summed E-state index contributed by atoms with van der Waals surface area (Å²) in [6, 6.07) is 8.71. The maximum Gasteiger partial charge on any atom is 0.280 e. The largest absolute Gasteiger partial charge is 0.371 e. The van der Waals surface area contributed by atoms with E-state index in [2.05, 4.69) is 22.2 Å². The second-order valence-corrected chi connectivity index (χ2v) is 6.55. The monoisotopic (exact) mass is 348 g/mol. The van der Waals surface area contributed by atoms with Crippen molar-refractivity contribution >= 4 is 17.3 Å². The van der Waals surface area contributed by atoms with Gasteiger partial charge in [0.15, 0.2) is 5.69 Å². The van der Waals surface area contributed by atoms with Gasteiger partial charge in [0.25, 0.3) is 12.3 Å². The predicted octanol–water partition coefficient (Wildman–Crippen LogP) is 3.85. The Labute approximate surface area is 145 Å². The number of aryl methyl sites for hydroxylation is 1. The Morgan fingerprint density at radius 1 is 1.28 bits per heavy atom. The van der Waals surface area contributed by atoms with Crippen LogP contribution in [0.1, 0.15) is 42.4 Å². The Bertz CT molecular complexity index is 751. The maximum absolute atomic E-state index is 12.8. The molecule has 1 saturated heterocycles. The van der Waals surface area contributed by atoms with Gasteiger partial charge in [-0.05, 0) is 43.0 Å². The molecule has 0 radical (unpaired) electrons. The van der Waals surface area contributed by atoms with Crippen molar-refractivity contribution in [2.75, 3.05) is 23.3 Å². The summed E-state index contributed by atoms with van der Waals surface area (Å²) in [6.45, 7) is 4.25. The van der Waals surface area contributed by atoms with E-state index in [1.807, 2.05) is 18.2 Å². The van der Waals surface area contributed by atoms with E-state index in [4.69, 9.17) is 0 Å². The van der Waals surface area contributed by atoms with Crippen molar-refractivity contribution in [2.45, 2.75) is 26.2 Å². The molecule has 0 saturated carbocycles. The third-order valence-electron chi connectivity index (χ3n) is 4.63. The van der Waals surface area contributed by atoms with E-state index in [0.29, 0.717) is 5.69 Å². The van der Waals surface area contributed by atoms with E-state index in [1.54, 1.807) is 6.07 Å². The lowest BCUT2D eigenvalue weighted by atomic mass is 9.99. The molecule has 0 atom stereocenters. The smallest absolute Gasteiger partial charge is 0.280 e. The number of benzene rings is 1. The molecular weight excluding hydrogens is 326 g/mol. The number of amides is 1. The Balaban J connectivity index is 1.71. The highest BCUT2D eigenvalue weighted by molar-refractivity contribution is 6.03. The number of halogens is 2. The molecule has 3 rings (SSSR count). The summed E-state index contributed by atoms with van der Waals surface area (Å²) in [4.78, 5) is 14.6. The van der Waals surface area contributed by atoms with Crippen LogP contribution < -0.4 is 10.2 Å². The SMILES string of the molecule is CC1CCN(c2cccc(NC(=O)c3cc(C(F)F)n(C)n3)c2)CC1. The third-order valence-corrected chi connectivity index (χ3v) is 4.63. The fourth-order valence-electron chi connectivity index (χ4n) is 3.04. The summed E-state index contributed by atoms with van der Waals surface area (Å²) in [5.41, 5.74) is 1.39. The van der Waals surface area contributed by atoms with Gasteiger partial charge < -0.3 is 10.2 Å². The Morgan fingerprint density at radius 2 is 2.00 bits per heavy atom. The first-order chi connectivity index (χ1) is 11.9. The van der Waals surface area contributed by atoms with Crippen molar-refractivity contribution in [2.24, 2.45) is 13.0 Å². The second kappa shape index (κ2) is 7.21. The van der Waals surface area contributed by atoms with Crippen LogP contribution >= 0.6 is 0 Å². The lowest BCUT2D eigenvalue weighted by molar-refractivity contribution is 0.102. The molecule has 1 aromatic carbocycles. The number of alkyl halides is 2. The molecule has 1 fully saturated rings. The number of rotatable bonds is 4. The van der Waals surface area contributed by atoms with Gasteiger partial charge in [0, 0.05) is 31.5 Å². The first-order valence-electron chi connectivity index (χ1n) is 8.42. The van der Waals surface area contributed by atoms with E-state index in [9.17, 15) is 13.6 Å². The number of anilines is 2. The molecule has 0 spiro atoms. The molecule has 0 aliphatic carbocycles. The highest BCUT2D eigenvalue weighted by Gasteiger charge is 2.19. The topological polar surface area (TPSA) is 50.2 Å². The normalized spacial score (nSPS) is 15.6. The van der Waals surface area contributed by atoms with Crippen LogP contribution in [0.3, 0.4) is 0 Å². The van der Waals surface area contributed by atoms with Crippen molar-refractivity contribution in [1.82, 2.24) is 9.78 Å². The molecule has 1 amide bonds. The molecule has 5 nitrogen and oxygen atoms in total. The average Bonchev–Trinajstić information content (AvgIpc) is 2.98. The third kappa shape index (κ3) is 3.97. The van der Waals surface area contributed by atoms with E-state index >= 15 is 0 Å². The number of carbonyl (C=O) groups excluding carboxylic acids is 1. The van der Waals surface area contributed by atoms with Gasteiger partial charge in [-0.3, -0.25) is 9.48 Å². The fourth-order valence-corrected chi connectivity index (χ4v) is 3.04. The van der Waals surface area contributed by atoms with Gasteiger partial charge in [0.1, 0.15) is 5.69 Å². The zero-order valence-corrected chi connectivity index (χ0v) is 14.4. The molecule has 0 unspecified atom stereocenters. The molecule has 2 aromatic rings. The van der Waals surface area contributed by atoms with Gasteiger partial charge in [0.05, 0.1) is 0 Å². The maximum atomic E-state index is 12.8. The van der Waals surface area contributed by atoms with Crippen LogP contribution in [-0.2, 0) is 7.05 Å². The first-order valence-corrected chi connectivity index (χ1v) is 8.42. The van der Waals surface area contributed by atoms with Gasteiger partial charge in [-0.25, -0.2) is 8.78 Å². The van der Waals surface area contributed by atoms with E-state index in [-0.39, 0.29) is 11.4 Å². The lowest BCUT2D eigenvalue weighted by Crippen LogP contribution is -2.32. The molecule has 1 aliphatic rings. The van der Waals surface area contributed by atoms with Crippen molar-refractivity contribution in [3.8, 4) is 0 Å². The quantitative estimate of drug-likeness (QED) is 0.913. The summed E-state index contributed by atoms with van der Waals surface area (Å²) >= 11 is 0. The van der Waals surface area contributed by atoms with E-state index < -0.39 is 12.3 Å². The highest BCUT2D eigenvalue weighted by atomic mass is 19.3. The van der Waals surface area contributed by atoms with Gasteiger partial charge in [-0.15, -0.1) is 0 Å². The van der Waals surface area contributed by atoms with Crippen LogP contribution in [0.4, 0.5) is 20.2 Å². The molecule has 1 aliphatic heterocycles. The fraction of sp³-hybridized carbons (Fsp3) is 0.444. The summed E-state index contributed by atoms with van der Waals surface area (Å²) in [7, 11) is 1.40. The number of nitrogens with zero attached hydrogens (tertiary/aromatic N) is 3. The zero-order chi connectivity index (χ0) is 18.0. The number of piperidine rings is 1. The lowest BCUT2D eigenvalue weighted by Gasteiger charge is -2.32. The standard InChI is InChI=1S/C18H22F2N4O/c1-12-6-8-24(9-7-12)14-5-3-4-13(10-14)21-18(25)15-11-16(17(19)20)23(2)22-15/h3-5,10-12,17H,6-9H2,1-2H3,(H,21,25). The molecule has 1 N–H and O–H groups in total. The van der Waals surface area contributed by atoms with Gasteiger partial charge >= 0.3 is 0 Å². The van der Waals surface area contributed by atoms with Crippen LogP contribution in [0.5, 0.6) is 0 Å². The molecule has 1 aromatic heterocycles. The van der Waals surface area contributed by atoms with E-state index in [1.165, 1.54) is 7.05 Å². The van der Waals surface area contributed by atoms with Crippen LogP contribution in [0.15, 0.2) is 30.3 Å². The number of nitrogens with one attached hydrogen (secondary N) is 1. The minimum atomic E-state index is -2.66. The average molecular weight is 348 g/mol. The summed E-state index contributed by atoms with van der Waals surface area (Å²) in [6.07, 6.45) is -0.356. The van der Waals surface area contributed by atoms with Crippen LogP contribution in [0.2, 0.25) is 0 Å². The number of aromatic nitrogens is 2. The first kappa shape index (κ1) is 17.4. The van der Waals surface area contributed by atoms with Gasteiger partial charge in [0.2, 0.25) is 0 Å². The van der Waals surface area contributed by atoms with Crippen molar-refractivity contribution in [1.29, 1.82) is 0 Å². The van der Waals surface area contributed by atoms with Crippen molar-refractivity contribution in [3.05, 3.63) is 41.7 Å². The highest BCUT2D eigenvalue weighted by Crippen LogP contribution is 2.25. The summed E-state index contributed by atoms with van der Waals surface area (Å²) in [5, 5.41) is 6.60. The zero-order valence-electron chi connectivity index (χ0n) is 14.4. The van der Waals surface area contributed by atoms with Crippen LogP contribution in [-0.4, -0.2) is 28.8 Å². The van der Waals surface area contributed by atoms with Crippen LogP contribution in [0.25, 0.3) is 0 Å². The second-order valence-electron chi connectivity index (χ2n) is 6.55. The minimum absolute atomic E-state index is 0.0185. The molecule has 134 valence electrons. The Kier molecular flexibility index (Phi) is 5.01. The van der Waals surface area contributed by atoms with Gasteiger partial charge in [-0.2, -0.15) is 5.10 Å². The van der Waals surface area contributed by atoms with Crippen molar-refractivity contribution < 1.29 is 13.6 Å². The molecule has 7 heteroatoms. The number of hydrogen-bond donors (Lipinski definition) is 1. The predicted molar refractivity (Wildman–Crippen MR) is 93.2 cm³/mol.